The van der Waals surface area contributed by atoms with Crippen molar-refractivity contribution in [2.45, 2.75) is 0 Å². The number of hydrogen-bond donors (Lipinski definition) is 0. The molecule has 0 N–H and O–H groups in total. The van der Waals surface area contributed by atoms with Gasteiger partial charge in [-0.05, 0) is 17.7 Å². The van der Waals surface area contributed by atoms with E-state index in [-0.39, 0.29) is 5.28 Å². The van der Waals surface area contributed by atoms with E-state index in [4.69, 9.17) is 23.2 Å². The molecule has 0 fully saturated rings. The van der Waals surface area contributed by atoms with Crippen LogP contribution in [0.3, 0.4) is 0 Å². The number of pyridine rings is 1. The van der Waals surface area contributed by atoms with Crippen molar-refractivity contribution in [1.29, 1.82) is 0 Å². The fourth-order valence-corrected chi connectivity index (χ4v) is 1.35. The molecule has 12 heavy (non-hydrogen) atoms. The first-order valence-corrected chi connectivity index (χ1v) is 3.96. The van der Waals surface area contributed by atoms with E-state index < -0.39 is 0 Å². The molecule has 60 valence electrons. The topological polar surface area (TPSA) is 38.7 Å². The van der Waals surface area contributed by atoms with Crippen LogP contribution in [0.5, 0.6) is 0 Å². The molecular formula is C7H3Cl2N3. The van der Waals surface area contributed by atoms with Crippen molar-refractivity contribution in [3.05, 3.63) is 28.9 Å². The van der Waals surface area contributed by atoms with Crippen molar-refractivity contribution in [2.75, 3.05) is 0 Å². The molecule has 0 bridgehead atoms. The van der Waals surface area contributed by atoms with Crippen LogP contribution in [0.4, 0.5) is 0 Å². The summed E-state index contributed by atoms with van der Waals surface area (Å²) in [5.41, 5.74) is 0.704. The van der Waals surface area contributed by atoms with E-state index in [0.29, 0.717) is 16.1 Å². The molecule has 0 aliphatic heterocycles. The van der Waals surface area contributed by atoms with Gasteiger partial charge in [0.15, 0.2) is 0 Å². The van der Waals surface area contributed by atoms with E-state index in [2.05, 4.69) is 15.0 Å². The van der Waals surface area contributed by atoms with E-state index in [1.165, 1.54) is 0 Å². The van der Waals surface area contributed by atoms with Gasteiger partial charge in [0.1, 0.15) is 5.15 Å². The average Bonchev–Trinajstić information content (AvgIpc) is 2.04. The second-order valence-electron chi connectivity index (χ2n) is 2.18. The third-order valence-electron chi connectivity index (χ3n) is 1.42. The smallest absolute Gasteiger partial charge is 0.224 e. The molecule has 2 heterocycles. The average molecular weight is 200 g/mol. The maximum atomic E-state index is 5.79. The van der Waals surface area contributed by atoms with Gasteiger partial charge in [0.05, 0.1) is 10.9 Å². The highest BCUT2D eigenvalue weighted by molar-refractivity contribution is 6.35. The molecule has 0 amide bonds. The Morgan fingerprint density at radius 3 is 2.83 bits per heavy atom. The van der Waals surface area contributed by atoms with Gasteiger partial charge in [0.2, 0.25) is 5.28 Å². The Morgan fingerprint density at radius 1 is 1.17 bits per heavy atom. The van der Waals surface area contributed by atoms with E-state index in [0.717, 1.165) is 0 Å². The molecule has 0 spiro atoms. The third-order valence-corrected chi connectivity index (χ3v) is 1.88. The first kappa shape index (κ1) is 7.71. The molecule has 0 atom stereocenters. The minimum atomic E-state index is 0.152. The molecule has 0 aliphatic carbocycles. The van der Waals surface area contributed by atoms with Crippen molar-refractivity contribution < 1.29 is 0 Å². The SMILES string of the molecule is Clc1nc(Cl)c2cnccc2n1. The highest BCUT2D eigenvalue weighted by Crippen LogP contribution is 2.19. The number of fused-ring (bicyclic) bond motifs is 1. The van der Waals surface area contributed by atoms with Crippen molar-refractivity contribution in [2.24, 2.45) is 0 Å². The lowest BCUT2D eigenvalue weighted by molar-refractivity contribution is 1.21. The summed E-state index contributed by atoms with van der Waals surface area (Å²) in [6.45, 7) is 0. The summed E-state index contributed by atoms with van der Waals surface area (Å²) in [5, 5.41) is 1.19. The molecular weight excluding hydrogens is 197 g/mol. The van der Waals surface area contributed by atoms with Crippen LogP contribution in [-0.4, -0.2) is 15.0 Å². The third kappa shape index (κ3) is 1.21. The fraction of sp³-hybridized carbons (Fsp3) is 0. The van der Waals surface area contributed by atoms with Gasteiger partial charge in [0.25, 0.3) is 0 Å². The lowest BCUT2D eigenvalue weighted by Crippen LogP contribution is -1.86. The first-order valence-electron chi connectivity index (χ1n) is 3.20. The van der Waals surface area contributed by atoms with Gasteiger partial charge in [-0.2, -0.15) is 0 Å². The Balaban J connectivity index is 2.89. The van der Waals surface area contributed by atoms with Crippen LogP contribution >= 0.6 is 23.2 Å². The Hall–Kier alpha value is -0.930. The minimum Gasteiger partial charge on any atom is -0.264 e. The highest BCUT2D eigenvalue weighted by atomic mass is 35.5. The standard InChI is InChI=1S/C7H3Cl2N3/c8-6-4-3-10-2-1-5(4)11-7(9)12-6/h1-3H. The van der Waals surface area contributed by atoms with Crippen molar-refractivity contribution in [1.82, 2.24) is 15.0 Å². The van der Waals surface area contributed by atoms with E-state index in [9.17, 15) is 0 Å². The Bertz CT molecular complexity index is 430. The van der Waals surface area contributed by atoms with Crippen molar-refractivity contribution >= 4 is 34.1 Å². The van der Waals surface area contributed by atoms with Gasteiger partial charge in [-0.25, -0.2) is 9.97 Å². The largest absolute Gasteiger partial charge is 0.264 e. The number of rotatable bonds is 0. The van der Waals surface area contributed by atoms with Crippen LogP contribution < -0.4 is 0 Å². The second kappa shape index (κ2) is 2.84. The summed E-state index contributed by atoms with van der Waals surface area (Å²) < 4.78 is 0. The van der Waals surface area contributed by atoms with Gasteiger partial charge in [-0.3, -0.25) is 4.98 Å². The summed E-state index contributed by atoms with van der Waals surface area (Å²) in [6.07, 6.45) is 3.23. The minimum absolute atomic E-state index is 0.152. The Labute approximate surface area is 78.4 Å². The molecule has 0 aromatic carbocycles. The fourth-order valence-electron chi connectivity index (χ4n) is 0.909. The predicted molar refractivity (Wildman–Crippen MR) is 47.4 cm³/mol. The predicted octanol–water partition coefficient (Wildman–Crippen LogP) is 2.33. The summed E-state index contributed by atoms with van der Waals surface area (Å²) in [4.78, 5) is 11.6. The molecule has 0 aliphatic rings. The van der Waals surface area contributed by atoms with Crippen LogP contribution in [0, 0.1) is 0 Å². The molecule has 2 aromatic rings. The summed E-state index contributed by atoms with van der Waals surface area (Å²) in [5.74, 6) is 0. The Morgan fingerprint density at radius 2 is 2.00 bits per heavy atom. The van der Waals surface area contributed by atoms with Crippen LogP contribution in [0.2, 0.25) is 10.4 Å². The van der Waals surface area contributed by atoms with Crippen LogP contribution in [0.15, 0.2) is 18.5 Å². The van der Waals surface area contributed by atoms with Crippen LogP contribution in [0.25, 0.3) is 10.9 Å². The second-order valence-corrected chi connectivity index (χ2v) is 2.87. The molecule has 0 saturated heterocycles. The zero-order valence-corrected chi connectivity index (χ0v) is 7.34. The van der Waals surface area contributed by atoms with E-state index >= 15 is 0 Å². The summed E-state index contributed by atoms with van der Waals surface area (Å²) in [6, 6.07) is 1.73. The van der Waals surface area contributed by atoms with Gasteiger partial charge in [-0.1, -0.05) is 11.6 Å². The maximum Gasteiger partial charge on any atom is 0.224 e. The lowest BCUT2D eigenvalue weighted by atomic mass is 10.3. The van der Waals surface area contributed by atoms with Crippen molar-refractivity contribution in [3.8, 4) is 0 Å². The lowest BCUT2D eigenvalue weighted by Gasteiger charge is -1.97. The summed E-state index contributed by atoms with van der Waals surface area (Å²) >= 11 is 11.4. The number of nitrogens with zero attached hydrogens (tertiary/aromatic N) is 3. The number of halogens is 2. The molecule has 2 aromatic heterocycles. The van der Waals surface area contributed by atoms with Gasteiger partial charge in [0, 0.05) is 12.4 Å². The quantitative estimate of drug-likeness (QED) is 0.483. The molecule has 3 nitrogen and oxygen atoms in total. The molecule has 2 rings (SSSR count). The summed E-state index contributed by atoms with van der Waals surface area (Å²) in [7, 11) is 0. The zero-order valence-electron chi connectivity index (χ0n) is 5.83. The normalized spacial score (nSPS) is 10.5. The van der Waals surface area contributed by atoms with Crippen LogP contribution in [-0.2, 0) is 0 Å². The number of hydrogen-bond acceptors (Lipinski definition) is 3. The zero-order chi connectivity index (χ0) is 8.55. The molecule has 5 heteroatoms. The highest BCUT2D eigenvalue weighted by Gasteiger charge is 2.02. The first-order chi connectivity index (χ1) is 5.77. The molecule has 0 radical (unpaired) electrons. The van der Waals surface area contributed by atoms with Crippen LogP contribution in [0.1, 0.15) is 0 Å². The maximum absolute atomic E-state index is 5.79. The van der Waals surface area contributed by atoms with Gasteiger partial charge >= 0.3 is 0 Å². The van der Waals surface area contributed by atoms with Gasteiger partial charge < -0.3 is 0 Å². The molecule has 0 unspecified atom stereocenters. The van der Waals surface area contributed by atoms with E-state index in [1.807, 2.05) is 0 Å². The Kier molecular flexibility index (Phi) is 1.83. The monoisotopic (exact) mass is 199 g/mol. The van der Waals surface area contributed by atoms with E-state index in [1.54, 1.807) is 18.5 Å². The van der Waals surface area contributed by atoms with Crippen molar-refractivity contribution in [3.63, 3.8) is 0 Å². The number of aromatic nitrogens is 3. The molecule has 0 saturated carbocycles. The van der Waals surface area contributed by atoms with Gasteiger partial charge in [-0.15, -0.1) is 0 Å².